The number of benzene rings is 1. The summed E-state index contributed by atoms with van der Waals surface area (Å²) >= 11 is 0. The van der Waals surface area contributed by atoms with Crippen LogP contribution in [0.4, 0.5) is 15.8 Å². The van der Waals surface area contributed by atoms with Gasteiger partial charge in [-0.25, -0.2) is 17.5 Å². The second kappa shape index (κ2) is 10.9. The molecule has 0 atom stereocenters. The summed E-state index contributed by atoms with van der Waals surface area (Å²) in [7, 11) is -5.59. The Balaban J connectivity index is 2.09. The van der Waals surface area contributed by atoms with Crippen molar-refractivity contribution in [3.63, 3.8) is 0 Å². The van der Waals surface area contributed by atoms with Gasteiger partial charge in [-0.3, -0.25) is 9.69 Å². The van der Waals surface area contributed by atoms with Gasteiger partial charge in [-0.05, 0) is 43.4 Å². The molecule has 2 rings (SSSR count). The lowest BCUT2D eigenvalue weighted by atomic mass is 10.2. The quantitative estimate of drug-likeness (QED) is 0.540. The number of amides is 1. The Kier molecular flexibility index (Phi) is 3.45. The number of piperazine rings is 1. The topological polar surface area (TPSA) is 81.8 Å². The molecule has 0 spiro atoms. The van der Waals surface area contributed by atoms with Gasteiger partial charge in [0, 0.05) is 67.4 Å². The number of unbranched alkanes of at least 4 members (excludes halogenated alkanes) is 1. The molecule has 7 nitrogen and oxygen atoms in total. The van der Waals surface area contributed by atoms with Gasteiger partial charge in [0.05, 0.1) is 9.82 Å². The highest BCUT2D eigenvalue weighted by molar-refractivity contribution is 7.89. The Morgan fingerprint density at radius 2 is 2.10 bits per heavy atom. The second-order valence-electron chi connectivity index (χ2n) is 6.14. The molecule has 0 unspecified atom stereocenters. The van der Waals surface area contributed by atoms with Crippen molar-refractivity contribution >= 4 is 27.3 Å². The third-order valence-corrected chi connectivity index (χ3v) is 4.95. The molecule has 1 aliphatic rings. The number of nitrogens with one attached hydrogen (secondary N) is 2. The molecule has 1 fully saturated rings. The number of carbonyl (C=O) groups excluding carboxylic acids is 1. The molecule has 0 aromatic heterocycles. The number of halogens is 1. The van der Waals surface area contributed by atoms with Crippen LogP contribution in [0, 0.1) is 11.7 Å². The zero-order valence-electron chi connectivity index (χ0n) is 32.5. The lowest BCUT2D eigenvalue weighted by molar-refractivity contribution is -0.114. The molecule has 0 saturated carbocycles. The standard InChI is InChI=1S/C20H33FN4O3S/c1-16(2)15-29(27,28)22-6-4-5-7-24-8-10-25(11-9-24)20-13-18(21)12-19(14-20)23-17(3)26/h12-14,16,22H,4-11,15H2,1-3H3,(H,23,26)/i1D3,2D3,3D3,12D,13D,14D,15D2,16D/hD2. The van der Waals surface area contributed by atoms with Gasteiger partial charge < -0.3 is 10.2 Å². The maximum absolute atomic E-state index is 14.8. The molecule has 1 heterocycles. The van der Waals surface area contributed by atoms with E-state index in [1.807, 2.05) is 4.90 Å². The molecule has 2 N–H and O–H groups in total. The highest BCUT2D eigenvalue weighted by atomic mass is 32.2. The third kappa shape index (κ3) is 8.67. The van der Waals surface area contributed by atoms with E-state index in [4.69, 9.17) is 23.4 Å². The molecule has 1 aromatic carbocycles. The third-order valence-electron chi connectivity index (χ3n) is 3.97. The first-order valence-electron chi connectivity index (χ1n) is 17.1. The number of anilines is 2. The van der Waals surface area contributed by atoms with E-state index in [1.165, 1.54) is 4.90 Å². The van der Waals surface area contributed by atoms with E-state index < -0.39 is 84.3 Å². The van der Waals surface area contributed by atoms with Crippen molar-refractivity contribution < 1.29 is 41.0 Å². The van der Waals surface area contributed by atoms with Gasteiger partial charge in [0.25, 0.3) is 0 Å². The van der Waals surface area contributed by atoms with E-state index in [0.717, 1.165) is 0 Å². The zero-order chi connectivity index (χ0) is 36.0. The molecule has 29 heavy (non-hydrogen) atoms. The van der Waals surface area contributed by atoms with Gasteiger partial charge in [-0.15, -0.1) is 0 Å². The summed E-state index contributed by atoms with van der Waals surface area (Å²) in [6.45, 7) is -10.9. The van der Waals surface area contributed by atoms with Crippen molar-refractivity contribution in [2.75, 3.05) is 55.2 Å². The molecule has 164 valence electrons. The van der Waals surface area contributed by atoms with Gasteiger partial charge in [0.2, 0.25) is 15.9 Å². The van der Waals surface area contributed by atoms with Crippen LogP contribution < -0.4 is 14.9 Å². The van der Waals surface area contributed by atoms with Crippen LogP contribution in [0.25, 0.3) is 0 Å². The first-order chi connectivity index (χ1) is 20.6. The van der Waals surface area contributed by atoms with E-state index in [-0.39, 0.29) is 61.3 Å². The smallest absolute Gasteiger partial charge is 0.221 e. The molecule has 1 aliphatic heterocycles. The van der Waals surface area contributed by atoms with Gasteiger partial charge in [-0.2, -0.15) is 0 Å². The highest BCUT2D eigenvalue weighted by Crippen LogP contribution is 2.23. The van der Waals surface area contributed by atoms with Crippen molar-refractivity contribution in [3.8, 4) is 0 Å². The molecular weight excluding hydrogens is 395 g/mol. The fourth-order valence-corrected chi connectivity index (χ4v) is 3.41. The minimum atomic E-state index is -5.59. The van der Waals surface area contributed by atoms with E-state index >= 15 is 0 Å². The fraction of sp³-hybridized carbons (Fsp3) is 0.650. The average Bonchev–Trinajstić information content (AvgIpc) is 2.91. The van der Waals surface area contributed by atoms with Crippen molar-refractivity contribution in [2.45, 2.75) is 33.4 Å². The van der Waals surface area contributed by atoms with Crippen molar-refractivity contribution in [3.05, 3.63) is 23.9 Å². The summed E-state index contributed by atoms with van der Waals surface area (Å²) in [6.07, 6.45) is 0.152. The van der Waals surface area contributed by atoms with Crippen LogP contribution in [0.15, 0.2) is 18.1 Å². The molecule has 1 saturated heterocycles. The maximum Gasteiger partial charge on any atom is 0.221 e. The minimum Gasteiger partial charge on any atom is -0.369 e. The number of hydrogen-bond acceptors (Lipinski definition) is 5. The van der Waals surface area contributed by atoms with Crippen LogP contribution in [0.1, 0.15) is 54.0 Å². The van der Waals surface area contributed by atoms with Crippen molar-refractivity contribution in [1.82, 2.24) is 9.62 Å². The van der Waals surface area contributed by atoms with Gasteiger partial charge in [0.15, 0.2) is 1.41 Å². The van der Waals surface area contributed by atoms with Crippen LogP contribution in [0.3, 0.4) is 0 Å². The molecular formula is C20H33FN4O3S. The number of rotatable bonds is 10. The van der Waals surface area contributed by atoms with Crippen molar-refractivity contribution in [1.29, 1.82) is 0 Å². The maximum atomic E-state index is 14.8. The zero-order valence-corrected chi connectivity index (χ0v) is 16.3. The predicted molar refractivity (Wildman–Crippen MR) is 115 cm³/mol. The Morgan fingerprint density at radius 3 is 2.79 bits per heavy atom. The Labute approximate surface area is 197 Å². The fourth-order valence-electron chi connectivity index (χ4n) is 2.72. The van der Waals surface area contributed by atoms with Crippen LogP contribution in [0.5, 0.6) is 0 Å². The van der Waals surface area contributed by atoms with E-state index in [1.54, 1.807) is 0 Å². The summed E-state index contributed by atoms with van der Waals surface area (Å²) in [5.74, 6) is -7.33. The monoisotopic (exact) mass is 445 g/mol. The first-order valence-corrected chi connectivity index (χ1v) is 10.1. The number of hydrogen-bond donors (Lipinski definition) is 2. The SMILES string of the molecule is [2H]c1c(F)c([2H])c(N([2H])C(=O)C([2H])([2H])[2H])c([2H])c1N1CCN(CCCCN([2H])S(=O)(=O)C([2H])([2H])C([2H])(C([2H])([2H])[2H])C([2H])([2H])[2H])CC1. The molecule has 1 amide bonds. The summed E-state index contributed by atoms with van der Waals surface area (Å²) in [5.41, 5.74) is -5.49. The lowest BCUT2D eigenvalue weighted by Crippen LogP contribution is -2.46. The number of sulfonamides is 1. The minimum absolute atomic E-state index is 0.0598. The molecule has 9 heteroatoms. The van der Waals surface area contributed by atoms with Gasteiger partial charge in [0.1, 0.15) is 7.23 Å². The van der Waals surface area contributed by atoms with E-state index in [2.05, 4.69) is 0 Å². The van der Waals surface area contributed by atoms with Crippen LogP contribution in [-0.2, 0) is 14.8 Å². The molecule has 0 bridgehead atoms. The lowest BCUT2D eigenvalue weighted by Gasteiger charge is -2.36. The number of nitrogens with zero attached hydrogens (tertiary/aromatic N) is 2. The summed E-state index contributed by atoms with van der Waals surface area (Å²) in [5, 5.41) is -0.252. The molecule has 1 aromatic rings. The summed E-state index contributed by atoms with van der Waals surface area (Å²) in [6, 6.07) is -2.77. The summed E-state index contributed by atoms with van der Waals surface area (Å²) in [4.78, 5) is 15.3. The number of carbonyl (C=O) groups is 1. The largest absolute Gasteiger partial charge is 0.369 e. The highest BCUT2D eigenvalue weighted by Gasteiger charge is 2.18. The summed E-state index contributed by atoms with van der Waals surface area (Å²) < 4.78 is 170. The average molecular weight is 446 g/mol. The predicted octanol–water partition coefficient (Wildman–Crippen LogP) is 2.26. The molecule has 0 aliphatic carbocycles. The van der Waals surface area contributed by atoms with Crippen LogP contribution in [-0.4, -0.2) is 64.2 Å². The first kappa shape index (κ1) is 9.20. The van der Waals surface area contributed by atoms with Crippen LogP contribution in [0.2, 0.25) is 2.82 Å². The second-order valence-corrected chi connectivity index (χ2v) is 7.56. The van der Waals surface area contributed by atoms with E-state index in [0.29, 0.717) is 0 Å². The normalized spacial score (nSPS) is 26.6. The Morgan fingerprint density at radius 1 is 1.34 bits per heavy atom. The van der Waals surface area contributed by atoms with Gasteiger partial charge >= 0.3 is 0 Å². The Hall–Kier alpha value is -1.71. The van der Waals surface area contributed by atoms with E-state index in [9.17, 15) is 17.6 Å². The van der Waals surface area contributed by atoms with Crippen LogP contribution >= 0.6 is 0 Å². The van der Waals surface area contributed by atoms with Crippen molar-refractivity contribution in [2.24, 2.45) is 5.89 Å². The Bertz CT molecular complexity index is 1380. The van der Waals surface area contributed by atoms with Gasteiger partial charge in [-0.1, -0.05) is 13.7 Å². The molecule has 0 radical (unpaired) electrons.